The Labute approximate surface area is 166 Å². The van der Waals surface area contributed by atoms with Crippen LogP contribution in [0, 0.1) is 5.92 Å². The van der Waals surface area contributed by atoms with Gasteiger partial charge >= 0.3 is 0 Å². The number of rotatable bonds is 5. The summed E-state index contributed by atoms with van der Waals surface area (Å²) in [4.78, 5) is 34.6. The summed E-state index contributed by atoms with van der Waals surface area (Å²) < 4.78 is 0. The Balaban J connectivity index is 1.22. The van der Waals surface area contributed by atoms with Gasteiger partial charge in [0.05, 0.1) is 17.1 Å². The molecule has 4 rings (SSSR count). The highest BCUT2D eigenvalue weighted by Crippen LogP contribution is 2.29. The van der Waals surface area contributed by atoms with E-state index in [2.05, 4.69) is 9.80 Å². The van der Waals surface area contributed by atoms with E-state index < -0.39 is 0 Å². The van der Waals surface area contributed by atoms with Crippen molar-refractivity contribution in [1.29, 1.82) is 0 Å². The van der Waals surface area contributed by atoms with E-state index in [1.165, 1.54) is 32.1 Å². The number of amides is 1. The van der Waals surface area contributed by atoms with Gasteiger partial charge in [0.1, 0.15) is 5.01 Å². The van der Waals surface area contributed by atoms with Crippen LogP contribution >= 0.6 is 11.3 Å². The van der Waals surface area contributed by atoms with Crippen molar-refractivity contribution in [1.82, 2.24) is 14.8 Å². The van der Waals surface area contributed by atoms with Crippen molar-refractivity contribution in [3.63, 3.8) is 0 Å². The van der Waals surface area contributed by atoms with Crippen molar-refractivity contribution >= 4 is 23.0 Å². The zero-order valence-corrected chi connectivity index (χ0v) is 17.1. The number of hydrogen-bond donors (Lipinski definition) is 0. The first kappa shape index (κ1) is 19.1. The Morgan fingerprint density at radius 1 is 1.04 bits per heavy atom. The van der Waals surface area contributed by atoms with Gasteiger partial charge in [-0.3, -0.25) is 14.5 Å². The van der Waals surface area contributed by atoms with Crippen LogP contribution in [0.5, 0.6) is 0 Å². The van der Waals surface area contributed by atoms with Crippen LogP contribution in [0.2, 0.25) is 0 Å². The molecule has 5 nitrogen and oxygen atoms in total. The summed E-state index contributed by atoms with van der Waals surface area (Å²) >= 11 is 1.59. The molecule has 0 spiro atoms. The van der Waals surface area contributed by atoms with E-state index in [0.29, 0.717) is 12.3 Å². The van der Waals surface area contributed by atoms with E-state index in [4.69, 9.17) is 4.98 Å². The van der Waals surface area contributed by atoms with Crippen molar-refractivity contribution in [2.75, 3.05) is 26.2 Å². The van der Waals surface area contributed by atoms with E-state index in [1.54, 1.807) is 11.3 Å². The number of thiazole rings is 1. The molecule has 2 fully saturated rings. The van der Waals surface area contributed by atoms with Gasteiger partial charge in [-0.15, -0.1) is 11.3 Å². The molecule has 1 amide bonds. The lowest BCUT2D eigenvalue weighted by Gasteiger charge is -2.34. The minimum Gasteiger partial charge on any atom is -0.340 e. The SMILES string of the molecule is O=C1CCCc2nc(CN3CCN(C(=O)CCC4CCCCC4)CC3)sc21. The molecule has 148 valence electrons. The lowest BCUT2D eigenvalue weighted by atomic mass is 9.86. The fourth-order valence-corrected chi connectivity index (χ4v) is 5.81. The molecule has 6 heteroatoms. The zero-order valence-electron chi connectivity index (χ0n) is 16.3. The first-order chi connectivity index (χ1) is 13.2. The standard InChI is InChI=1S/C21H31N3O2S/c25-18-8-4-7-17-21(18)27-19(22-17)15-23-11-13-24(14-12-23)20(26)10-9-16-5-2-1-3-6-16/h16H,1-15H2. The van der Waals surface area contributed by atoms with Crippen molar-refractivity contribution < 1.29 is 9.59 Å². The van der Waals surface area contributed by atoms with Crippen LogP contribution < -0.4 is 0 Å². The van der Waals surface area contributed by atoms with Crippen LogP contribution in [0.25, 0.3) is 0 Å². The summed E-state index contributed by atoms with van der Waals surface area (Å²) in [7, 11) is 0. The molecule has 1 aromatic rings. The smallest absolute Gasteiger partial charge is 0.222 e. The van der Waals surface area contributed by atoms with E-state index in [0.717, 1.165) is 79.9 Å². The second kappa shape index (κ2) is 8.82. The Morgan fingerprint density at radius 3 is 2.56 bits per heavy atom. The summed E-state index contributed by atoms with van der Waals surface area (Å²) in [5.41, 5.74) is 1.02. The molecule has 0 radical (unpaired) electrons. The lowest BCUT2D eigenvalue weighted by molar-refractivity contribution is -0.133. The number of nitrogens with zero attached hydrogens (tertiary/aromatic N) is 3. The molecule has 0 bridgehead atoms. The van der Waals surface area contributed by atoms with Gasteiger partial charge in [-0.2, -0.15) is 0 Å². The average molecular weight is 390 g/mol. The molecule has 2 heterocycles. The van der Waals surface area contributed by atoms with Gasteiger partial charge in [0, 0.05) is 39.0 Å². The summed E-state index contributed by atoms with van der Waals surface area (Å²) in [6, 6.07) is 0. The van der Waals surface area contributed by atoms with Gasteiger partial charge in [0.25, 0.3) is 0 Å². The number of ketones is 1. The normalized spacial score (nSPS) is 22.1. The molecule has 27 heavy (non-hydrogen) atoms. The van der Waals surface area contributed by atoms with Gasteiger partial charge in [-0.05, 0) is 25.2 Å². The van der Waals surface area contributed by atoms with Crippen LogP contribution in [0.4, 0.5) is 0 Å². The maximum atomic E-state index is 12.5. The monoisotopic (exact) mass is 389 g/mol. The third-order valence-corrected chi connectivity index (χ3v) is 7.51. The molecule has 1 saturated carbocycles. The van der Waals surface area contributed by atoms with Crippen molar-refractivity contribution in [3.8, 4) is 0 Å². The Hall–Kier alpha value is -1.27. The Kier molecular flexibility index (Phi) is 6.23. The van der Waals surface area contributed by atoms with Crippen molar-refractivity contribution in [2.45, 2.75) is 70.8 Å². The first-order valence-corrected chi connectivity index (χ1v) is 11.5. The average Bonchev–Trinajstić information content (AvgIpc) is 3.11. The second-order valence-corrected chi connectivity index (χ2v) is 9.44. The van der Waals surface area contributed by atoms with Crippen molar-refractivity contribution in [3.05, 3.63) is 15.6 Å². The van der Waals surface area contributed by atoms with E-state index in [9.17, 15) is 9.59 Å². The number of aromatic nitrogens is 1. The summed E-state index contributed by atoms with van der Waals surface area (Å²) in [6.07, 6.45) is 11.1. The third-order valence-electron chi connectivity index (χ3n) is 6.39. The molecule has 1 aromatic heterocycles. The molecular formula is C21H31N3O2S. The zero-order chi connectivity index (χ0) is 18.6. The summed E-state index contributed by atoms with van der Waals surface area (Å²) in [6.45, 7) is 4.29. The fraction of sp³-hybridized carbons (Fsp3) is 0.762. The maximum absolute atomic E-state index is 12.5. The Morgan fingerprint density at radius 2 is 1.81 bits per heavy atom. The van der Waals surface area contributed by atoms with Crippen LogP contribution in [-0.4, -0.2) is 52.7 Å². The second-order valence-electron chi connectivity index (χ2n) is 8.36. The minimum atomic E-state index is 0.272. The topological polar surface area (TPSA) is 53.5 Å². The van der Waals surface area contributed by atoms with Gasteiger partial charge in [0.2, 0.25) is 5.91 Å². The third kappa shape index (κ3) is 4.77. The molecule has 1 saturated heterocycles. The number of fused-ring (bicyclic) bond motifs is 1. The maximum Gasteiger partial charge on any atom is 0.222 e. The highest BCUT2D eigenvalue weighted by molar-refractivity contribution is 7.13. The van der Waals surface area contributed by atoms with Gasteiger partial charge < -0.3 is 4.90 Å². The predicted octanol–water partition coefficient (Wildman–Crippen LogP) is 3.67. The number of Topliss-reactive ketones (excluding diaryl/α,β-unsaturated/α-hetero) is 1. The molecule has 0 aromatic carbocycles. The summed E-state index contributed by atoms with van der Waals surface area (Å²) in [5.74, 6) is 1.39. The first-order valence-electron chi connectivity index (χ1n) is 10.7. The van der Waals surface area contributed by atoms with Gasteiger partial charge in [-0.25, -0.2) is 4.98 Å². The van der Waals surface area contributed by atoms with Gasteiger partial charge in [-0.1, -0.05) is 32.1 Å². The number of carbonyl (C=O) groups is 2. The molecular weight excluding hydrogens is 358 g/mol. The molecule has 0 atom stereocenters. The largest absolute Gasteiger partial charge is 0.340 e. The molecule has 3 aliphatic rings. The quantitative estimate of drug-likeness (QED) is 0.771. The lowest BCUT2D eigenvalue weighted by Crippen LogP contribution is -2.48. The highest BCUT2D eigenvalue weighted by Gasteiger charge is 2.25. The molecule has 0 N–H and O–H groups in total. The predicted molar refractivity (Wildman–Crippen MR) is 107 cm³/mol. The van der Waals surface area contributed by atoms with E-state index >= 15 is 0 Å². The van der Waals surface area contributed by atoms with Crippen LogP contribution in [0.1, 0.15) is 78.2 Å². The number of aryl methyl sites for hydroxylation is 1. The number of piperazine rings is 1. The fourth-order valence-electron chi connectivity index (χ4n) is 4.69. The van der Waals surface area contributed by atoms with Crippen LogP contribution in [0.15, 0.2) is 0 Å². The van der Waals surface area contributed by atoms with E-state index in [-0.39, 0.29) is 5.78 Å². The number of carbonyl (C=O) groups excluding carboxylic acids is 2. The van der Waals surface area contributed by atoms with Gasteiger partial charge in [0.15, 0.2) is 5.78 Å². The minimum absolute atomic E-state index is 0.272. The summed E-state index contributed by atoms with van der Waals surface area (Å²) in [5, 5.41) is 1.06. The Bertz CT molecular complexity index is 673. The molecule has 2 aliphatic carbocycles. The van der Waals surface area contributed by atoms with Crippen molar-refractivity contribution in [2.24, 2.45) is 5.92 Å². The molecule has 1 aliphatic heterocycles. The molecule has 0 unspecified atom stereocenters. The number of hydrogen-bond acceptors (Lipinski definition) is 5. The van der Waals surface area contributed by atoms with E-state index in [1.807, 2.05) is 0 Å². The van der Waals surface area contributed by atoms with Crippen LogP contribution in [-0.2, 0) is 17.8 Å². The van der Waals surface area contributed by atoms with Crippen LogP contribution in [0.3, 0.4) is 0 Å². The highest BCUT2D eigenvalue weighted by atomic mass is 32.1.